The van der Waals surface area contributed by atoms with Gasteiger partial charge in [-0.05, 0) is 18.6 Å². The van der Waals surface area contributed by atoms with Gasteiger partial charge in [0.05, 0.1) is 17.3 Å². The number of hydrogen-bond acceptors (Lipinski definition) is 4. The molecule has 0 aromatic carbocycles. The molecule has 96 valence electrons. The molecule has 5 heteroatoms. The summed E-state index contributed by atoms with van der Waals surface area (Å²) in [7, 11) is 0. The summed E-state index contributed by atoms with van der Waals surface area (Å²) in [5.74, 6) is 1.59. The summed E-state index contributed by atoms with van der Waals surface area (Å²) in [4.78, 5) is 4.47. The second-order valence-electron chi connectivity index (χ2n) is 3.86. The molecular formula is C12H19ClN2OS. The third kappa shape index (κ3) is 5.15. The van der Waals surface area contributed by atoms with Crippen molar-refractivity contribution in [3.8, 4) is 0 Å². The average Bonchev–Trinajstić information content (AvgIpc) is 2.35. The summed E-state index contributed by atoms with van der Waals surface area (Å²) in [6.07, 6.45) is 1.07. The van der Waals surface area contributed by atoms with Gasteiger partial charge in [-0.3, -0.25) is 0 Å². The number of nitrogens with one attached hydrogen (secondary N) is 1. The number of hydrogen-bond donors (Lipinski definition) is 2. The van der Waals surface area contributed by atoms with Crippen LogP contribution in [0.15, 0.2) is 12.1 Å². The highest BCUT2D eigenvalue weighted by Crippen LogP contribution is 2.23. The van der Waals surface area contributed by atoms with Crippen molar-refractivity contribution >= 4 is 29.2 Å². The number of aromatic nitrogens is 1. The van der Waals surface area contributed by atoms with Crippen LogP contribution in [0.2, 0.25) is 5.02 Å². The van der Waals surface area contributed by atoms with Crippen LogP contribution < -0.4 is 5.32 Å². The third-order valence-corrected chi connectivity index (χ3v) is 3.74. The quantitative estimate of drug-likeness (QED) is 0.802. The van der Waals surface area contributed by atoms with E-state index in [9.17, 15) is 0 Å². The topological polar surface area (TPSA) is 45.1 Å². The monoisotopic (exact) mass is 274 g/mol. The summed E-state index contributed by atoms with van der Waals surface area (Å²) in [6.45, 7) is 5.19. The van der Waals surface area contributed by atoms with E-state index in [0.29, 0.717) is 5.02 Å². The van der Waals surface area contributed by atoms with E-state index in [1.807, 2.05) is 19.1 Å². The van der Waals surface area contributed by atoms with Gasteiger partial charge in [-0.15, -0.1) is 11.8 Å². The molecule has 3 nitrogen and oxygen atoms in total. The van der Waals surface area contributed by atoms with Gasteiger partial charge in [-0.1, -0.05) is 25.4 Å². The Balaban J connectivity index is 2.62. The van der Waals surface area contributed by atoms with Crippen molar-refractivity contribution in [1.82, 2.24) is 4.98 Å². The van der Waals surface area contributed by atoms with Crippen LogP contribution in [-0.4, -0.2) is 28.5 Å². The molecule has 1 rings (SSSR count). The Bertz CT molecular complexity index is 349. The standard InChI is InChI=1S/C12H19ClN2OS/c1-3-6-14-12-5-4-10(13)11(15-12)8-17-9(2)7-16/h4-5,9,16H,3,6-8H2,1-2H3,(H,14,15). The van der Waals surface area contributed by atoms with E-state index in [2.05, 4.69) is 17.2 Å². The third-order valence-electron chi connectivity index (χ3n) is 2.24. The van der Waals surface area contributed by atoms with Gasteiger partial charge >= 0.3 is 0 Å². The van der Waals surface area contributed by atoms with Gasteiger partial charge in [0.15, 0.2) is 0 Å². The number of anilines is 1. The Kier molecular flexibility index (Phi) is 6.70. The van der Waals surface area contributed by atoms with E-state index >= 15 is 0 Å². The lowest BCUT2D eigenvalue weighted by molar-refractivity contribution is 0.300. The lowest BCUT2D eigenvalue weighted by Crippen LogP contribution is -2.05. The number of rotatable bonds is 7. The summed E-state index contributed by atoms with van der Waals surface area (Å²) in [5, 5.41) is 13.1. The van der Waals surface area contributed by atoms with Crippen LogP contribution in [0.5, 0.6) is 0 Å². The molecule has 0 aliphatic heterocycles. The summed E-state index contributed by atoms with van der Waals surface area (Å²) < 4.78 is 0. The fraction of sp³-hybridized carbons (Fsp3) is 0.583. The Morgan fingerprint density at radius 1 is 1.53 bits per heavy atom. The van der Waals surface area contributed by atoms with E-state index in [4.69, 9.17) is 16.7 Å². The Morgan fingerprint density at radius 3 is 2.94 bits per heavy atom. The lowest BCUT2D eigenvalue weighted by atomic mass is 10.3. The minimum absolute atomic E-state index is 0.177. The van der Waals surface area contributed by atoms with Gasteiger partial charge < -0.3 is 10.4 Å². The molecule has 1 heterocycles. The van der Waals surface area contributed by atoms with Crippen molar-refractivity contribution in [3.63, 3.8) is 0 Å². The van der Waals surface area contributed by atoms with Crippen LogP contribution in [-0.2, 0) is 5.75 Å². The number of aliphatic hydroxyl groups is 1. The molecule has 0 aliphatic rings. The molecule has 0 radical (unpaired) electrons. The van der Waals surface area contributed by atoms with Crippen molar-refractivity contribution in [2.24, 2.45) is 0 Å². The number of nitrogens with zero attached hydrogens (tertiary/aromatic N) is 1. The van der Waals surface area contributed by atoms with Crippen molar-refractivity contribution < 1.29 is 5.11 Å². The van der Waals surface area contributed by atoms with Gasteiger partial charge in [0.2, 0.25) is 0 Å². The van der Waals surface area contributed by atoms with Gasteiger partial charge in [0.25, 0.3) is 0 Å². The second-order valence-corrected chi connectivity index (χ2v) is 5.69. The zero-order valence-electron chi connectivity index (χ0n) is 10.2. The SMILES string of the molecule is CCCNc1ccc(Cl)c(CSC(C)CO)n1. The summed E-state index contributed by atoms with van der Waals surface area (Å²) >= 11 is 7.74. The van der Waals surface area contributed by atoms with E-state index in [1.165, 1.54) is 0 Å². The molecule has 17 heavy (non-hydrogen) atoms. The van der Waals surface area contributed by atoms with Crippen molar-refractivity contribution in [2.45, 2.75) is 31.3 Å². The van der Waals surface area contributed by atoms with Crippen LogP contribution in [0.25, 0.3) is 0 Å². The second kappa shape index (κ2) is 7.80. The van der Waals surface area contributed by atoms with Crippen molar-refractivity contribution in [3.05, 3.63) is 22.8 Å². The minimum atomic E-state index is 0.177. The van der Waals surface area contributed by atoms with Crippen LogP contribution in [0, 0.1) is 0 Å². The van der Waals surface area contributed by atoms with E-state index in [-0.39, 0.29) is 11.9 Å². The normalized spacial score (nSPS) is 12.5. The molecule has 0 bridgehead atoms. The predicted molar refractivity (Wildman–Crippen MR) is 75.9 cm³/mol. The lowest BCUT2D eigenvalue weighted by Gasteiger charge is -2.10. The maximum atomic E-state index is 8.97. The molecule has 1 unspecified atom stereocenters. The smallest absolute Gasteiger partial charge is 0.126 e. The molecule has 0 saturated carbocycles. The van der Waals surface area contributed by atoms with Gasteiger partial charge in [0, 0.05) is 17.5 Å². The van der Waals surface area contributed by atoms with Crippen molar-refractivity contribution in [1.29, 1.82) is 0 Å². The molecule has 2 N–H and O–H groups in total. The molecule has 0 fully saturated rings. The van der Waals surface area contributed by atoms with Gasteiger partial charge in [-0.25, -0.2) is 4.98 Å². The van der Waals surface area contributed by atoms with Gasteiger partial charge in [-0.2, -0.15) is 0 Å². The summed E-state index contributed by atoms with van der Waals surface area (Å²) in [5.41, 5.74) is 0.873. The molecule has 0 spiro atoms. The van der Waals surface area contributed by atoms with Crippen LogP contribution >= 0.6 is 23.4 Å². The fourth-order valence-electron chi connectivity index (χ4n) is 1.21. The Hall–Kier alpha value is -0.450. The fourth-order valence-corrected chi connectivity index (χ4v) is 2.23. The maximum Gasteiger partial charge on any atom is 0.126 e. The molecule has 0 amide bonds. The number of halogens is 1. The molecular weight excluding hydrogens is 256 g/mol. The first-order valence-corrected chi connectivity index (χ1v) is 7.21. The minimum Gasteiger partial charge on any atom is -0.395 e. The highest BCUT2D eigenvalue weighted by atomic mass is 35.5. The summed E-state index contributed by atoms with van der Waals surface area (Å²) in [6, 6.07) is 3.76. The number of thioether (sulfide) groups is 1. The van der Waals surface area contributed by atoms with E-state index in [1.54, 1.807) is 11.8 Å². The Labute approximate surface area is 112 Å². The van der Waals surface area contributed by atoms with Crippen molar-refractivity contribution in [2.75, 3.05) is 18.5 Å². The largest absolute Gasteiger partial charge is 0.395 e. The zero-order chi connectivity index (χ0) is 12.7. The molecule has 1 atom stereocenters. The highest BCUT2D eigenvalue weighted by molar-refractivity contribution is 7.99. The first kappa shape index (κ1) is 14.6. The first-order valence-electron chi connectivity index (χ1n) is 5.79. The number of aliphatic hydroxyl groups excluding tert-OH is 1. The van der Waals surface area contributed by atoms with Gasteiger partial charge in [0.1, 0.15) is 5.82 Å². The van der Waals surface area contributed by atoms with Crippen LogP contribution in [0.1, 0.15) is 26.0 Å². The maximum absolute atomic E-state index is 8.97. The Morgan fingerprint density at radius 2 is 2.29 bits per heavy atom. The average molecular weight is 275 g/mol. The van der Waals surface area contributed by atoms with Crippen LogP contribution in [0.4, 0.5) is 5.82 Å². The van der Waals surface area contributed by atoms with E-state index < -0.39 is 0 Å². The molecule has 1 aromatic rings. The van der Waals surface area contributed by atoms with E-state index in [0.717, 1.165) is 30.2 Å². The molecule has 1 aromatic heterocycles. The van der Waals surface area contributed by atoms with Crippen LogP contribution in [0.3, 0.4) is 0 Å². The zero-order valence-corrected chi connectivity index (χ0v) is 11.8. The highest BCUT2D eigenvalue weighted by Gasteiger charge is 2.07. The molecule has 0 aliphatic carbocycles. The predicted octanol–water partition coefficient (Wildman–Crippen LogP) is 3.17. The molecule has 0 saturated heterocycles. The number of pyridine rings is 1. The first-order chi connectivity index (χ1) is 8.17.